The summed E-state index contributed by atoms with van der Waals surface area (Å²) in [5.74, 6) is 1.04. The highest BCUT2D eigenvalue weighted by Crippen LogP contribution is 2.26. The van der Waals surface area contributed by atoms with Crippen molar-refractivity contribution in [1.82, 2.24) is 14.9 Å². The van der Waals surface area contributed by atoms with Crippen LogP contribution in [-0.2, 0) is 18.4 Å². The SMILES string of the molecule is CC(C)(C)c1cc2oc3c(n2n1)CCNC3. The summed E-state index contributed by atoms with van der Waals surface area (Å²) in [6.45, 7) is 8.34. The molecule has 0 unspecified atom stereocenters. The highest BCUT2D eigenvalue weighted by molar-refractivity contribution is 5.41. The van der Waals surface area contributed by atoms with E-state index in [9.17, 15) is 0 Å². The fourth-order valence-corrected chi connectivity index (χ4v) is 2.09. The van der Waals surface area contributed by atoms with E-state index in [1.807, 2.05) is 4.52 Å². The third-order valence-corrected chi connectivity index (χ3v) is 3.07. The molecule has 4 nitrogen and oxygen atoms in total. The molecular weight excluding hydrogens is 202 g/mol. The summed E-state index contributed by atoms with van der Waals surface area (Å²) < 4.78 is 7.77. The molecule has 0 aromatic carbocycles. The fraction of sp³-hybridized carbons (Fsp3) is 0.583. The molecule has 1 aliphatic rings. The first-order valence-electron chi connectivity index (χ1n) is 5.77. The number of aromatic nitrogens is 2. The van der Waals surface area contributed by atoms with Crippen LogP contribution in [0.3, 0.4) is 0 Å². The first kappa shape index (κ1) is 9.90. The quantitative estimate of drug-likeness (QED) is 0.735. The zero-order chi connectivity index (χ0) is 11.3. The summed E-state index contributed by atoms with van der Waals surface area (Å²) in [7, 11) is 0. The molecule has 0 fully saturated rings. The van der Waals surface area contributed by atoms with Crippen LogP contribution in [0.15, 0.2) is 10.5 Å². The molecule has 0 atom stereocenters. The smallest absolute Gasteiger partial charge is 0.222 e. The lowest BCUT2D eigenvalue weighted by atomic mass is 9.93. The van der Waals surface area contributed by atoms with Crippen LogP contribution in [0.2, 0.25) is 0 Å². The van der Waals surface area contributed by atoms with Crippen LogP contribution >= 0.6 is 0 Å². The molecule has 2 aromatic rings. The molecule has 0 spiro atoms. The van der Waals surface area contributed by atoms with Gasteiger partial charge in [-0.05, 0) is 0 Å². The highest BCUT2D eigenvalue weighted by Gasteiger charge is 2.23. The van der Waals surface area contributed by atoms with Crippen LogP contribution in [0, 0.1) is 0 Å². The summed E-state index contributed by atoms with van der Waals surface area (Å²) in [5, 5.41) is 7.95. The molecule has 0 radical (unpaired) electrons. The summed E-state index contributed by atoms with van der Waals surface area (Å²) >= 11 is 0. The van der Waals surface area contributed by atoms with Gasteiger partial charge in [0.25, 0.3) is 0 Å². The van der Waals surface area contributed by atoms with Gasteiger partial charge in [-0.2, -0.15) is 5.10 Å². The zero-order valence-electron chi connectivity index (χ0n) is 10.0. The first-order valence-corrected chi connectivity index (χ1v) is 5.77. The van der Waals surface area contributed by atoms with Crippen LogP contribution in [0.5, 0.6) is 0 Å². The lowest BCUT2D eigenvalue weighted by Gasteiger charge is -2.14. The average molecular weight is 219 g/mol. The molecule has 2 aromatic heterocycles. The van der Waals surface area contributed by atoms with Gasteiger partial charge in [0.05, 0.1) is 17.9 Å². The van der Waals surface area contributed by atoms with Crippen LogP contribution in [-0.4, -0.2) is 16.2 Å². The van der Waals surface area contributed by atoms with Crippen LogP contribution in [0.4, 0.5) is 0 Å². The van der Waals surface area contributed by atoms with E-state index in [2.05, 4.69) is 37.3 Å². The summed E-state index contributed by atoms with van der Waals surface area (Å²) in [6.07, 6.45) is 0.994. The van der Waals surface area contributed by atoms with Gasteiger partial charge in [-0.1, -0.05) is 20.8 Å². The summed E-state index contributed by atoms with van der Waals surface area (Å²) in [5.41, 5.74) is 3.27. The monoisotopic (exact) mass is 219 g/mol. The minimum absolute atomic E-state index is 0.0777. The Hall–Kier alpha value is -1.29. The van der Waals surface area contributed by atoms with Crippen LogP contribution in [0.1, 0.15) is 37.9 Å². The van der Waals surface area contributed by atoms with Crippen molar-refractivity contribution in [2.24, 2.45) is 0 Å². The van der Waals surface area contributed by atoms with Crippen molar-refractivity contribution < 1.29 is 4.42 Å². The van der Waals surface area contributed by atoms with E-state index in [4.69, 9.17) is 4.42 Å². The van der Waals surface area contributed by atoms with Gasteiger partial charge in [0.15, 0.2) is 0 Å². The van der Waals surface area contributed by atoms with E-state index in [1.165, 1.54) is 5.69 Å². The Morgan fingerprint density at radius 2 is 2.25 bits per heavy atom. The van der Waals surface area contributed by atoms with E-state index >= 15 is 0 Å². The van der Waals surface area contributed by atoms with Gasteiger partial charge in [0.2, 0.25) is 5.71 Å². The van der Waals surface area contributed by atoms with Gasteiger partial charge in [-0.15, -0.1) is 0 Å². The van der Waals surface area contributed by atoms with Crippen molar-refractivity contribution in [2.75, 3.05) is 6.54 Å². The number of nitrogens with one attached hydrogen (secondary N) is 1. The minimum Gasteiger partial charge on any atom is -0.440 e. The lowest BCUT2D eigenvalue weighted by Crippen LogP contribution is -2.24. The van der Waals surface area contributed by atoms with E-state index in [0.717, 1.165) is 36.7 Å². The molecule has 0 saturated carbocycles. The molecule has 16 heavy (non-hydrogen) atoms. The average Bonchev–Trinajstić information content (AvgIpc) is 2.72. The first-order chi connectivity index (χ1) is 7.55. The number of fused-ring (bicyclic) bond motifs is 3. The van der Waals surface area contributed by atoms with Crippen molar-refractivity contribution in [3.63, 3.8) is 0 Å². The van der Waals surface area contributed by atoms with E-state index < -0.39 is 0 Å². The van der Waals surface area contributed by atoms with Gasteiger partial charge in [-0.25, -0.2) is 4.52 Å². The minimum atomic E-state index is 0.0777. The predicted molar refractivity (Wildman–Crippen MR) is 61.6 cm³/mol. The number of hydrogen-bond acceptors (Lipinski definition) is 3. The topological polar surface area (TPSA) is 42.5 Å². The van der Waals surface area contributed by atoms with Gasteiger partial charge in [0.1, 0.15) is 5.76 Å². The van der Waals surface area contributed by atoms with E-state index in [1.54, 1.807) is 0 Å². The maximum atomic E-state index is 5.80. The largest absolute Gasteiger partial charge is 0.440 e. The Bertz CT molecular complexity index is 530. The molecule has 3 rings (SSSR count). The van der Waals surface area contributed by atoms with Gasteiger partial charge >= 0.3 is 0 Å². The molecule has 0 amide bonds. The maximum Gasteiger partial charge on any atom is 0.222 e. The summed E-state index contributed by atoms with van der Waals surface area (Å²) in [6, 6.07) is 2.05. The Labute approximate surface area is 94.6 Å². The predicted octanol–water partition coefficient (Wildman–Crippen LogP) is 1.87. The van der Waals surface area contributed by atoms with Crippen LogP contribution < -0.4 is 5.32 Å². The molecular formula is C12H17N3O. The van der Waals surface area contributed by atoms with Gasteiger partial charge in [-0.3, -0.25) is 0 Å². The lowest BCUT2D eigenvalue weighted by molar-refractivity contribution is 0.486. The van der Waals surface area contributed by atoms with E-state index in [0.29, 0.717) is 0 Å². The molecule has 0 aliphatic carbocycles. The number of rotatable bonds is 0. The second kappa shape index (κ2) is 3.10. The Kier molecular flexibility index (Phi) is 1.92. The van der Waals surface area contributed by atoms with Crippen molar-refractivity contribution >= 4 is 5.71 Å². The maximum absolute atomic E-state index is 5.80. The van der Waals surface area contributed by atoms with Gasteiger partial charge < -0.3 is 9.73 Å². The Morgan fingerprint density at radius 3 is 3.00 bits per heavy atom. The van der Waals surface area contributed by atoms with Crippen molar-refractivity contribution in [1.29, 1.82) is 0 Å². The number of hydrogen-bond donors (Lipinski definition) is 1. The van der Waals surface area contributed by atoms with Crippen molar-refractivity contribution in [2.45, 2.75) is 39.2 Å². The zero-order valence-corrected chi connectivity index (χ0v) is 10.0. The molecule has 0 saturated heterocycles. The molecule has 86 valence electrons. The normalized spacial score (nSPS) is 16.7. The van der Waals surface area contributed by atoms with Crippen LogP contribution in [0.25, 0.3) is 5.71 Å². The molecule has 4 heteroatoms. The highest BCUT2D eigenvalue weighted by atomic mass is 16.4. The number of nitrogens with zero attached hydrogens (tertiary/aromatic N) is 2. The standard InChI is InChI=1S/C12H17N3O/c1-12(2,3)10-6-11-15(14-10)8-4-5-13-7-9(8)16-11/h6,13H,4-5,7H2,1-3H3. The molecule has 0 bridgehead atoms. The molecule has 3 heterocycles. The van der Waals surface area contributed by atoms with Gasteiger partial charge in [0, 0.05) is 24.4 Å². The molecule has 1 N–H and O–H groups in total. The second-order valence-electron chi connectivity index (χ2n) is 5.43. The van der Waals surface area contributed by atoms with Crippen molar-refractivity contribution in [3.8, 4) is 0 Å². The second-order valence-corrected chi connectivity index (χ2v) is 5.43. The Balaban J connectivity index is 2.17. The van der Waals surface area contributed by atoms with Crippen molar-refractivity contribution in [3.05, 3.63) is 23.2 Å². The Morgan fingerprint density at radius 1 is 1.44 bits per heavy atom. The van der Waals surface area contributed by atoms with E-state index in [-0.39, 0.29) is 5.41 Å². The third-order valence-electron chi connectivity index (χ3n) is 3.07. The molecule has 1 aliphatic heterocycles. The number of oxazole rings is 1. The third kappa shape index (κ3) is 1.37. The fourth-order valence-electron chi connectivity index (χ4n) is 2.09. The summed E-state index contributed by atoms with van der Waals surface area (Å²) in [4.78, 5) is 0.